The maximum absolute atomic E-state index is 4.84. The second kappa shape index (κ2) is 14.5. The molecule has 0 N–H and O–H groups in total. The molecule has 1 radical (unpaired) electrons. The Labute approximate surface area is 271 Å². The van der Waals surface area contributed by atoms with Gasteiger partial charge in [0.05, 0.1) is 8.07 Å². The molecule has 6 rings (SSSR count). The second-order valence-electron chi connectivity index (χ2n) is 11.7. The summed E-state index contributed by atoms with van der Waals surface area (Å²) < 4.78 is 2.62. The summed E-state index contributed by atoms with van der Waals surface area (Å²) >= 11 is 0.279. The minimum absolute atomic E-state index is 0. The molecule has 0 spiro atoms. The van der Waals surface area contributed by atoms with E-state index >= 15 is 0 Å². The van der Waals surface area contributed by atoms with E-state index in [4.69, 9.17) is 4.98 Å². The van der Waals surface area contributed by atoms with E-state index in [-0.39, 0.29) is 34.6 Å². The molecule has 42 heavy (non-hydrogen) atoms. The second-order valence-corrected chi connectivity index (χ2v) is 18.9. The number of benzene rings is 3. The molecular weight excluding hydrogens is 772 g/mol. The molecule has 0 bridgehead atoms. The molecule has 0 saturated carbocycles. The van der Waals surface area contributed by atoms with Crippen molar-refractivity contribution in [2.45, 2.75) is 39.9 Å². The van der Waals surface area contributed by atoms with Gasteiger partial charge in [0.2, 0.25) is 0 Å². The Morgan fingerprint density at radius 3 is 2.00 bits per heavy atom. The zero-order valence-electron chi connectivity index (χ0n) is 24.8. The van der Waals surface area contributed by atoms with Gasteiger partial charge >= 0.3 is 129 Å². The molecule has 0 aliphatic carbocycles. The Bertz CT molecular complexity index is 1670. The van der Waals surface area contributed by atoms with Crippen LogP contribution in [0.25, 0.3) is 42.3 Å². The average Bonchev–Trinajstić information content (AvgIpc) is 3.42. The van der Waals surface area contributed by atoms with Crippen molar-refractivity contribution in [3.63, 3.8) is 0 Å². The fraction of sp³-hybridized carbons (Fsp3) is 0.189. The van der Waals surface area contributed by atoms with Crippen LogP contribution in [0.3, 0.4) is 0 Å². The first-order valence-corrected chi connectivity index (χ1v) is 19.4. The van der Waals surface area contributed by atoms with Crippen LogP contribution in [0.1, 0.15) is 19.4 Å². The molecule has 2 nitrogen and oxygen atoms in total. The Morgan fingerprint density at radius 1 is 0.762 bits per heavy atom. The van der Waals surface area contributed by atoms with E-state index < -0.39 is 8.07 Å². The molecule has 215 valence electrons. The monoisotopic (exact) mass is 809 g/mol. The van der Waals surface area contributed by atoms with Gasteiger partial charge in [-0.25, -0.2) is 0 Å². The van der Waals surface area contributed by atoms with Gasteiger partial charge in [0.25, 0.3) is 0 Å². The molecule has 0 atom stereocenters. The normalized spacial score (nSPS) is 11.1. The number of fused-ring (bicyclic) bond motifs is 1. The van der Waals surface area contributed by atoms with Crippen LogP contribution in [-0.2, 0) is 26.5 Å². The van der Waals surface area contributed by atoms with Crippen LogP contribution in [0.5, 0.6) is 0 Å². The first-order chi connectivity index (χ1) is 19.8. The van der Waals surface area contributed by atoms with Crippen molar-refractivity contribution in [3.8, 4) is 32.5 Å². The van der Waals surface area contributed by atoms with Crippen molar-refractivity contribution in [3.05, 3.63) is 127 Å². The molecule has 0 unspecified atom stereocenters. The van der Waals surface area contributed by atoms with E-state index in [9.17, 15) is 0 Å². The fourth-order valence-electron chi connectivity index (χ4n) is 4.85. The minimum atomic E-state index is -1.34. The first-order valence-electron chi connectivity index (χ1n) is 14.2. The zero-order chi connectivity index (χ0) is 28.8. The summed E-state index contributed by atoms with van der Waals surface area (Å²) in [6, 6.07) is 42.0. The van der Waals surface area contributed by atoms with E-state index in [1.54, 1.807) is 0 Å². The molecule has 0 saturated heterocycles. The van der Waals surface area contributed by atoms with Crippen molar-refractivity contribution in [2.24, 2.45) is 5.92 Å². The molecule has 0 fully saturated rings. The van der Waals surface area contributed by atoms with Crippen LogP contribution in [0.15, 0.2) is 109 Å². The summed E-state index contributed by atoms with van der Waals surface area (Å²) in [4.78, 5) is 9.53. The van der Waals surface area contributed by atoms with E-state index in [2.05, 4.69) is 124 Å². The van der Waals surface area contributed by atoms with Crippen LogP contribution >= 0.6 is 0 Å². The van der Waals surface area contributed by atoms with Gasteiger partial charge in [-0.3, -0.25) is 0 Å². The van der Waals surface area contributed by atoms with E-state index in [1.807, 2.05) is 36.4 Å². The van der Waals surface area contributed by atoms with Crippen molar-refractivity contribution < 1.29 is 20.1 Å². The zero-order valence-corrected chi connectivity index (χ0v) is 29.9. The van der Waals surface area contributed by atoms with E-state index in [1.165, 1.54) is 30.5 Å². The third kappa shape index (κ3) is 8.13. The van der Waals surface area contributed by atoms with Gasteiger partial charge in [-0.15, -0.1) is 35.9 Å². The van der Waals surface area contributed by atoms with Crippen molar-refractivity contribution in [2.75, 3.05) is 0 Å². The van der Waals surface area contributed by atoms with Gasteiger partial charge in [-0.1, -0.05) is 45.1 Å². The van der Waals surface area contributed by atoms with Crippen molar-refractivity contribution in [1.82, 2.24) is 9.97 Å². The average molecular weight is 808 g/mol. The van der Waals surface area contributed by atoms with Gasteiger partial charge < -0.3 is 4.98 Å². The Hall–Kier alpha value is -2.91. The standard InChI is InChI=1S/C19H12NSe.C18H24NSi.Ir/c1-3-7-14(8-4-1)17-12-11-16-13-18(21-19(16)20-17)15-9-5-2-6-10-15;1-14(2)11-16-12-17(15-9-7-6-8-10-15)19-13-18(16)20(3,4)5;/h1-7,9-13H;6-9,12-14H,11H2,1-5H3;/q2*-1;. The summed E-state index contributed by atoms with van der Waals surface area (Å²) in [6.07, 6.45) is 3.24. The molecule has 5 heteroatoms. The van der Waals surface area contributed by atoms with E-state index in [0.717, 1.165) is 28.9 Å². The number of aromatic nitrogens is 2. The molecule has 3 aromatic heterocycles. The van der Waals surface area contributed by atoms with Gasteiger partial charge in [-0.2, -0.15) is 0 Å². The predicted molar refractivity (Wildman–Crippen MR) is 178 cm³/mol. The molecule has 0 amide bonds. The maximum atomic E-state index is 4.84. The van der Waals surface area contributed by atoms with Gasteiger partial charge in [-0.05, 0) is 23.2 Å². The predicted octanol–water partition coefficient (Wildman–Crippen LogP) is 8.72. The number of hydrogen-bond acceptors (Lipinski definition) is 2. The fourth-order valence-corrected chi connectivity index (χ4v) is 8.61. The van der Waals surface area contributed by atoms with Crippen LogP contribution < -0.4 is 5.19 Å². The molecular formula is C37H36IrN2SeSi-2. The third-order valence-corrected chi connectivity index (χ3v) is 11.2. The number of rotatable bonds is 6. The number of hydrogen-bond donors (Lipinski definition) is 0. The molecule has 6 aromatic rings. The van der Waals surface area contributed by atoms with Gasteiger partial charge in [0, 0.05) is 26.3 Å². The van der Waals surface area contributed by atoms with Crippen molar-refractivity contribution in [1.29, 1.82) is 0 Å². The van der Waals surface area contributed by atoms with Crippen molar-refractivity contribution >= 4 is 37.5 Å². The van der Waals surface area contributed by atoms with Crippen LogP contribution in [0.4, 0.5) is 0 Å². The molecule has 3 heterocycles. The molecule has 0 aliphatic heterocycles. The summed E-state index contributed by atoms with van der Waals surface area (Å²) in [7, 11) is -1.34. The Balaban J connectivity index is 0.000000189. The number of nitrogens with zero attached hydrogens (tertiary/aromatic N) is 2. The first kappa shape index (κ1) is 32.0. The van der Waals surface area contributed by atoms with Gasteiger partial charge in [0.1, 0.15) is 0 Å². The van der Waals surface area contributed by atoms with Crippen LogP contribution in [0.2, 0.25) is 19.6 Å². The third-order valence-electron chi connectivity index (χ3n) is 6.84. The summed E-state index contributed by atoms with van der Waals surface area (Å²) in [5.41, 5.74) is 6.98. The quantitative estimate of drug-likeness (QED) is 0.124. The summed E-state index contributed by atoms with van der Waals surface area (Å²) in [5, 5.41) is 2.75. The Kier molecular flexibility index (Phi) is 11.1. The van der Waals surface area contributed by atoms with E-state index in [0.29, 0.717) is 5.92 Å². The SMILES string of the molecule is CC(C)Cc1cc(-c2[c-]cccc2)ncc1[Si](C)(C)C.[Ir].[c-]1ccccc1-c1ccc2cc(-c3ccccc3)[se]c2n1. The summed E-state index contributed by atoms with van der Waals surface area (Å²) in [5.74, 6) is 0.667. The topological polar surface area (TPSA) is 25.8 Å². The van der Waals surface area contributed by atoms with Crippen LogP contribution in [-0.4, -0.2) is 32.5 Å². The van der Waals surface area contributed by atoms with Gasteiger partial charge in [0.15, 0.2) is 0 Å². The molecule has 3 aromatic carbocycles. The number of pyridine rings is 2. The summed E-state index contributed by atoms with van der Waals surface area (Å²) in [6.45, 7) is 11.7. The molecule has 0 aliphatic rings. The Morgan fingerprint density at radius 2 is 1.40 bits per heavy atom. The van der Waals surface area contributed by atoms with Crippen LogP contribution in [0, 0.1) is 18.1 Å².